The van der Waals surface area contributed by atoms with Crippen LogP contribution in [0.25, 0.3) is 0 Å². The van der Waals surface area contributed by atoms with Crippen LogP contribution in [0, 0.1) is 0 Å². The topological polar surface area (TPSA) is 52.8 Å². The van der Waals surface area contributed by atoms with Crippen molar-refractivity contribution in [1.29, 1.82) is 0 Å². The highest BCUT2D eigenvalue weighted by Gasteiger charge is 2.28. The molecule has 2 heterocycles. The van der Waals surface area contributed by atoms with Crippen molar-refractivity contribution in [3.63, 3.8) is 0 Å². The van der Waals surface area contributed by atoms with E-state index in [1.54, 1.807) is 11.0 Å². The fourth-order valence-corrected chi connectivity index (χ4v) is 3.28. The van der Waals surface area contributed by atoms with Crippen LogP contribution in [0.2, 0.25) is 0 Å². The van der Waals surface area contributed by atoms with Gasteiger partial charge in [-0.2, -0.15) is 0 Å². The molecule has 1 saturated heterocycles. The molecule has 1 amide bonds. The molecule has 0 aliphatic carbocycles. The minimum Gasteiger partial charge on any atom is -0.359 e. The molecule has 0 N–H and O–H groups in total. The Balaban J connectivity index is 1.57. The average molecular weight is 342 g/mol. The van der Waals surface area contributed by atoms with Crippen LogP contribution in [0.3, 0.4) is 0 Å². The first-order valence-electron chi connectivity index (χ1n) is 8.66. The lowest BCUT2D eigenvalue weighted by Gasteiger charge is -2.23. The zero-order chi connectivity index (χ0) is 17.8. The highest BCUT2D eigenvalue weighted by Crippen LogP contribution is 2.16. The Labute approximate surface area is 149 Å². The lowest BCUT2D eigenvalue weighted by Crippen LogP contribution is -2.38. The SMILES string of the molecule is CN(Cc1ccccc1)Cc1cc(C(=O)N(C)C2CCN(C)C2)no1. The second kappa shape index (κ2) is 7.80. The van der Waals surface area contributed by atoms with E-state index >= 15 is 0 Å². The summed E-state index contributed by atoms with van der Waals surface area (Å²) >= 11 is 0. The van der Waals surface area contributed by atoms with Crippen LogP contribution in [-0.2, 0) is 13.1 Å². The number of amides is 1. The van der Waals surface area contributed by atoms with Gasteiger partial charge in [0.25, 0.3) is 5.91 Å². The zero-order valence-electron chi connectivity index (χ0n) is 15.2. The third kappa shape index (κ3) is 4.46. The Morgan fingerprint density at radius 1 is 1.28 bits per heavy atom. The standard InChI is InChI=1S/C19H26N4O2/c1-21-10-9-16(13-21)23(3)19(24)18-11-17(25-20-18)14-22(2)12-15-7-5-4-6-8-15/h4-8,11,16H,9-10,12-14H2,1-3H3. The molecule has 0 radical (unpaired) electrons. The van der Waals surface area contributed by atoms with Gasteiger partial charge in [0.1, 0.15) is 0 Å². The molecule has 2 aromatic rings. The van der Waals surface area contributed by atoms with Gasteiger partial charge in [-0.3, -0.25) is 9.69 Å². The van der Waals surface area contributed by atoms with Crippen LogP contribution in [0.4, 0.5) is 0 Å². The summed E-state index contributed by atoms with van der Waals surface area (Å²) in [6.45, 7) is 3.37. The molecule has 0 spiro atoms. The number of rotatable bonds is 6. The van der Waals surface area contributed by atoms with Gasteiger partial charge in [0.05, 0.1) is 6.54 Å². The van der Waals surface area contributed by atoms with E-state index in [-0.39, 0.29) is 11.9 Å². The van der Waals surface area contributed by atoms with Crippen molar-refractivity contribution < 1.29 is 9.32 Å². The number of benzene rings is 1. The Kier molecular flexibility index (Phi) is 5.50. The summed E-state index contributed by atoms with van der Waals surface area (Å²) in [4.78, 5) is 18.8. The number of nitrogens with zero attached hydrogens (tertiary/aromatic N) is 4. The van der Waals surface area contributed by atoms with E-state index in [9.17, 15) is 4.79 Å². The van der Waals surface area contributed by atoms with E-state index in [2.05, 4.69) is 34.1 Å². The van der Waals surface area contributed by atoms with Crippen LogP contribution >= 0.6 is 0 Å². The molecule has 1 aliphatic rings. The zero-order valence-corrected chi connectivity index (χ0v) is 15.2. The highest BCUT2D eigenvalue weighted by atomic mass is 16.5. The number of likely N-dealkylation sites (N-methyl/N-ethyl adjacent to an activating group) is 2. The van der Waals surface area contributed by atoms with Gasteiger partial charge in [-0.15, -0.1) is 0 Å². The molecule has 0 bridgehead atoms. The minimum absolute atomic E-state index is 0.0685. The molecule has 1 aliphatic heterocycles. The number of carbonyl (C=O) groups is 1. The molecule has 1 aromatic heterocycles. The monoisotopic (exact) mass is 342 g/mol. The molecule has 1 atom stereocenters. The van der Waals surface area contributed by atoms with Gasteiger partial charge in [0, 0.05) is 32.2 Å². The minimum atomic E-state index is -0.0685. The van der Waals surface area contributed by atoms with E-state index in [1.807, 2.05) is 32.3 Å². The maximum atomic E-state index is 12.6. The van der Waals surface area contributed by atoms with Gasteiger partial charge >= 0.3 is 0 Å². The molecule has 0 saturated carbocycles. The second-order valence-corrected chi connectivity index (χ2v) is 6.96. The molecular weight excluding hydrogens is 316 g/mol. The molecule has 6 heteroatoms. The molecule has 3 rings (SSSR count). The first-order valence-corrected chi connectivity index (χ1v) is 8.66. The van der Waals surface area contributed by atoms with Crippen molar-refractivity contribution in [3.05, 3.63) is 53.4 Å². The summed E-state index contributed by atoms with van der Waals surface area (Å²) in [6.07, 6.45) is 1.00. The normalized spacial score (nSPS) is 18.0. The smallest absolute Gasteiger partial charge is 0.276 e. The second-order valence-electron chi connectivity index (χ2n) is 6.96. The molecular formula is C19H26N4O2. The molecule has 134 valence electrons. The maximum Gasteiger partial charge on any atom is 0.276 e. The number of carbonyl (C=O) groups excluding carboxylic acids is 1. The predicted octanol–water partition coefficient (Wildman–Crippen LogP) is 2.08. The lowest BCUT2D eigenvalue weighted by molar-refractivity contribution is 0.0727. The number of hydrogen-bond acceptors (Lipinski definition) is 5. The first-order chi connectivity index (χ1) is 12.0. The van der Waals surface area contributed by atoms with Gasteiger partial charge < -0.3 is 14.3 Å². The first kappa shape index (κ1) is 17.6. The van der Waals surface area contributed by atoms with Crippen molar-refractivity contribution in [2.75, 3.05) is 34.2 Å². The molecule has 1 fully saturated rings. The van der Waals surface area contributed by atoms with E-state index in [0.29, 0.717) is 18.0 Å². The molecule has 6 nitrogen and oxygen atoms in total. The van der Waals surface area contributed by atoms with Gasteiger partial charge in [0.2, 0.25) is 0 Å². The van der Waals surface area contributed by atoms with Crippen LogP contribution < -0.4 is 0 Å². The molecule has 1 aromatic carbocycles. The Hall–Kier alpha value is -2.18. The Morgan fingerprint density at radius 2 is 2.04 bits per heavy atom. The van der Waals surface area contributed by atoms with E-state index in [4.69, 9.17) is 4.52 Å². The van der Waals surface area contributed by atoms with Crippen molar-refractivity contribution in [1.82, 2.24) is 19.9 Å². The molecule has 1 unspecified atom stereocenters. The van der Waals surface area contributed by atoms with Crippen molar-refractivity contribution in [2.24, 2.45) is 0 Å². The summed E-state index contributed by atoms with van der Waals surface area (Å²) in [5.41, 5.74) is 1.63. The lowest BCUT2D eigenvalue weighted by atomic mass is 10.2. The Bertz CT molecular complexity index is 700. The largest absolute Gasteiger partial charge is 0.359 e. The number of aromatic nitrogens is 1. The average Bonchev–Trinajstić information content (AvgIpc) is 3.23. The predicted molar refractivity (Wildman–Crippen MR) is 96.1 cm³/mol. The summed E-state index contributed by atoms with van der Waals surface area (Å²) < 4.78 is 5.38. The van der Waals surface area contributed by atoms with Crippen molar-refractivity contribution >= 4 is 5.91 Å². The van der Waals surface area contributed by atoms with Crippen molar-refractivity contribution in [3.8, 4) is 0 Å². The van der Waals surface area contributed by atoms with E-state index in [0.717, 1.165) is 26.1 Å². The van der Waals surface area contributed by atoms with Gasteiger partial charge in [-0.05, 0) is 32.6 Å². The summed E-state index contributed by atoms with van der Waals surface area (Å²) in [7, 11) is 5.95. The Morgan fingerprint density at radius 3 is 2.72 bits per heavy atom. The maximum absolute atomic E-state index is 12.6. The van der Waals surface area contributed by atoms with Gasteiger partial charge in [-0.1, -0.05) is 35.5 Å². The number of likely N-dealkylation sites (tertiary alicyclic amines) is 1. The van der Waals surface area contributed by atoms with Crippen LogP contribution in [0.15, 0.2) is 40.9 Å². The fraction of sp³-hybridized carbons (Fsp3) is 0.474. The summed E-state index contributed by atoms with van der Waals surface area (Å²) in [6, 6.07) is 12.3. The van der Waals surface area contributed by atoms with Gasteiger partial charge in [0.15, 0.2) is 11.5 Å². The van der Waals surface area contributed by atoms with Gasteiger partial charge in [-0.25, -0.2) is 0 Å². The van der Waals surface area contributed by atoms with Crippen LogP contribution in [0.1, 0.15) is 28.2 Å². The van der Waals surface area contributed by atoms with E-state index in [1.165, 1.54) is 5.56 Å². The summed E-state index contributed by atoms with van der Waals surface area (Å²) in [5.74, 6) is 0.639. The highest BCUT2D eigenvalue weighted by molar-refractivity contribution is 5.92. The van der Waals surface area contributed by atoms with Crippen LogP contribution in [0.5, 0.6) is 0 Å². The third-order valence-electron chi connectivity index (χ3n) is 4.73. The van der Waals surface area contributed by atoms with E-state index < -0.39 is 0 Å². The van der Waals surface area contributed by atoms with Crippen LogP contribution in [-0.4, -0.2) is 66.0 Å². The number of hydrogen-bond donors (Lipinski definition) is 0. The molecule has 25 heavy (non-hydrogen) atoms. The quantitative estimate of drug-likeness (QED) is 0.804. The third-order valence-corrected chi connectivity index (χ3v) is 4.73. The van der Waals surface area contributed by atoms with Crippen molar-refractivity contribution in [2.45, 2.75) is 25.6 Å². The fourth-order valence-electron chi connectivity index (χ4n) is 3.28. The summed E-state index contributed by atoms with van der Waals surface area (Å²) in [5, 5.41) is 3.98.